The molecule has 6 nitrogen and oxygen atoms in total. The SMILES string of the molecule is COC(=O)[C@H](Cc1ccc(Br)cc1)NC(=O)[C@@H](Cc1ccc(F)cc1)NC(C)=O. The summed E-state index contributed by atoms with van der Waals surface area (Å²) in [7, 11) is 1.24. The number of ether oxygens (including phenoxy) is 1. The van der Waals surface area contributed by atoms with Crippen molar-refractivity contribution in [2.75, 3.05) is 7.11 Å². The van der Waals surface area contributed by atoms with Gasteiger partial charge in [-0.1, -0.05) is 40.2 Å². The Bertz CT molecular complexity index is 856. The Balaban J connectivity index is 2.15. The van der Waals surface area contributed by atoms with Crippen molar-refractivity contribution in [2.24, 2.45) is 0 Å². The standard InChI is InChI=1S/C21H22BrFN2O4/c1-13(26)24-18(11-15-5-9-17(23)10-6-15)20(27)25-19(21(28)29-2)12-14-3-7-16(22)8-4-14/h3-10,18-19H,11-12H2,1-2H3,(H,24,26)(H,25,27)/t18-,19+/m1/s1. The van der Waals surface area contributed by atoms with Gasteiger partial charge in [0.15, 0.2) is 0 Å². The van der Waals surface area contributed by atoms with Gasteiger partial charge in [-0.15, -0.1) is 0 Å². The third-order valence-corrected chi connectivity index (χ3v) is 4.73. The van der Waals surface area contributed by atoms with Gasteiger partial charge in [0.1, 0.15) is 17.9 Å². The number of halogens is 2. The lowest BCUT2D eigenvalue weighted by molar-refractivity contribution is -0.145. The highest BCUT2D eigenvalue weighted by molar-refractivity contribution is 9.10. The molecule has 0 aliphatic carbocycles. The molecule has 154 valence electrons. The minimum atomic E-state index is -0.921. The zero-order valence-electron chi connectivity index (χ0n) is 16.1. The summed E-state index contributed by atoms with van der Waals surface area (Å²) in [5.41, 5.74) is 1.50. The Hall–Kier alpha value is -2.74. The number of carbonyl (C=O) groups is 3. The summed E-state index contributed by atoms with van der Waals surface area (Å²) in [6.45, 7) is 1.30. The number of amides is 2. The molecule has 0 bridgehead atoms. The Morgan fingerprint density at radius 3 is 1.97 bits per heavy atom. The number of methoxy groups -OCH3 is 1. The summed E-state index contributed by atoms with van der Waals surface area (Å²) in [5, 5.41) is 5.23. The molecular weight excluding hydrogens is 443 g/mol. The van der Waals surface area contributed by atoms with Crippen LogP contribution in [0, 0.1) is 5.82 Å². The lowest BCUT2D eigenvalue weighted by Gasteiger charge is -2.22. The number of carbonyl (C=O) groups excluding carboxylic acids is 3. The fraction of sp³-hybridized carbons (Fsp3) is 0.286. The second-order valence-corrected chi connectivity index (χ2v) is 7.41. The van der Waals surface area contributed by atoms with Gasteiger partial charge in [0.05, 0.1) is 7.11 Å². The van der Waals surface area contributed by atoms with Crippen LogP contribution < -0.4 is 10.6 Å². The predicted molar refractivity (Wildman–Crippen MR) is 110 cm³/mol. The van der Waals surface area contributed by atoms with Gasteiger partial charge in [0.25, 0.3) is 0 Å². The van der Waals surface area contributed by atoms with Crippen LogP contribution in [0.15, 0.2) is 53.0 Å². The van der Waals surface area contributed by atoms with Crippen molar-refractivity contribution in [2.45, 2.75) is 31.8 Å². The maximum absolute atomic E-state index is 13.1. The number of nitrogens with one attached hydrogen (secondary N) is 2. The first-order valence-corrected chi connectivity index (χ1v) is 9.72. The van der Waals surface area contributed by atoms with Gasteiger partial charge in [-0.2, -0.15) is 0 Å². The molecule has 0 unspecified atom stereocenters. The summed E-state index contributed by atoms with van der Waals surface area (Å²) in [6.07, 6.45) is 0.382. The molecule has 0 aromatic heterocycles. The summed E-state index contributed by atoms with van der Waals surface area (Å²) in [6, 6.07) is 11.1. The molecule has 0 heterocycles. The van der Waals surface area contributed by atoms with E-state index in [-0.39, 0.29) is 12.8 Å². The Kier molecular flexibility index (Phi) is 8.33. The molecule has 2 rings (SSSR count). The summed E-state index contributed by atoms with van der Waals surface area (Å²) in [4.78, 5) is 36.5. The average molecular weight is 465 g/mol. The first-order chi connectivity index (χ1) is 13.8. The minimum Gasteiger partial charge on any atom is -0.467 e. The molecule has 29 heavy (non-hydrogen) atoms. The molecule has 0 spiro atoms. The van der Waals surface area contributed by atoms with E-state index in [0.717, 1.165) is 10.0 Å². The van der Waals surface area contributed by atoms with Crippen LogP contribution in [0.3, 0.4) is 0 Å². The topological polar surface area (TPSA) is 84.5 Å². The van der Waals surface area contributed by atoms with Gasteiger partial charge >= 0.3 is 5.97 Å². The van der Waals surface area contributed by atoms with Gasteiger partial charge in [-0.3, -0.25) is 9.59 Å². The van der Waals surface area contributed by atoms with Gasteiger partial charge < -0.3 is 15.4 Å². The van der Waals surface area contributed by atoms with Crippen LogP contribution in [0.5, 0.6) is 0 Å². The molecule has 0 aliphatic rings. The van der Waals surface area contributed by atoms with E-state index in [4.69, 9.17) is 4.74 Å². The Labute approximate surface area is 177 Å². The fourth-order valence-corrected chi connectivity index (χ4v) is 3.04. The van der Waals surface area contributed by atoms with Crippen LogP contribution in [-0.2, 0) is 32.0 Å². The van der Waals surface area contributed by atoms with Crippen molar-refractivity contribution in [3.63, 3.8) is 0 Å². The van der Waals surface area contributed by atoms with Crippen LogP contribution in [0.4, 0.5) is 4.39 Å². The van der Waals surface area contributed by atoms with E-state index in [9.17, 15) is 18.8 Å². The van der Waals surface area contributed by atoms with E-state index in [1.807, 2.05) is 24.3 Å². The zero-order valence-corrected chi connectivity index (χ0v) is 17.7. The van der Waals surface area contributed by atoms with Crippen LogP contribution in [-0.4, -0.2) is 37.0 Å². The van der Waals surface area contributed by atoms with Crippen molar-refractivity contribution in [1.82, 2.24) is 10.6 Å². The molecule has 0 fully saturated rings. The molecule has 0 radical (unpaired) electrons. The number of hydrogen-bond acceptors (Lipinski definition) is 4. The van der Waals surface area contributed by atoms with Crippen LogP contribution in [0.1, 0.15) is 18.1 Å². The molecule has 0 saturated carbocycles. The second kappa shape index (κ2) is 10.7. The van der Waals surface area contributed by atoms with E-state index < -0.39 is 35.7 Å². The lowest BCUT2D eigenvalue weighted by atomic mass is 10.0. The highest BCUT2D eigenvalue weighted by Crippen LogP contribution is 2.13. The van der Waals surface area contributed by atoms with Crippen molar-refractivity contribution in [3.8, 4) is 0 Å². The smallest absolute Gasteiger partial charge is 0.328 e. The molecule has 2 amide bonds. The van der Waals surface area contributed by atoms with Gasteiger partial charge in [0.2, 0.25) is 11.8 Å². The minimum absolute atomic E-state index is 0.151. The molecule has 2 N–H and O–H groups in total. The Morgan fingerprint density at radius 2 is 1.45 bits per heavy atom. The van der Waals surface area contributed by atoms with Crippen LogP contribution in [0.25, 0.3) is 0 Å². The molecule has 2 aromatic carbocycles. The normalized spacial score (nSPS) is 12.6. The first-order valence-electron chi connectivity index (χ1n) is 8.92. The number of rotatable bonds is 8. The van der Waals surface area contributed by atoms with Crippen molar-refractivity contribution >= 4 is 33.7 Å². The van der Waals surface area contributed by atoms with E-state index in [2.05, 4.69) is 26.6 Å². The Morgan fingerprint density at radius 1 is 0.931 bits per heavy atom. The monoisotopic (exact) mass is 464 g/mol. The van der Waals surface area contributed by atoms with E-state index in [1.54, 1.807) is 0 Å². The fourth-order valence-electron chi connectivity index (χ4n) is 2.77. The molecular formula is C21H22BrFN2O4. The van der Waals surface area contributed by atoms with Gasteiger partial charge in [0, 0.05) is 24.2 Å². The number of hydrogen-bond donors (Lipinski definition) is 2. The highest BCUT2D eigenvalue weighted by Gasteiger charge is 2.27. The summed E-state index contributed by atoms with van der Waals surface area (Å²) in [5.74, 6) is -1.91. The molecule has 0 aliphatic heterocycles. The third-order valence-electron chi connectivity index (χ3n) is 4.20. The highest BCUT2D eigenvalue weighted by atomic mass is 79.9. The predicted octanol–water partition coefficient (Wildman–Crippen LogP) is 2.54. The number of esters is 1. The molecule has 2 atom stereocenters. The zero-order chi connectivity index (χ0) is 21.4. The molecule has 8 heteroatoms. The quantitative estimate of drug-likeness (QED) is 0.587. The summed E-state index contributed by atoms with van der Waals surface area (Å²) < 4.78 is 18.8. The van der Waals surface area contributed by atoms with Crippen molar-refractivity contribution in [3.05, 3.63) is 69.9 Å². The van der Waals surface area contributed by atoms with Crippen LogP contribution >= 0.6 is 15.9 Å². The van der Waals surface area contributed by atoms with E-state index in [0.29, 0.717) is 5.56 Å². The maximum Gasteiger partial charge on any atom is 0.328 e. The van der Waals surface area contributed by atoms with Crippen LogP contribution in [0.2, 0.25) is 0 Å². The largest absolute Gasteiger partial charge is 0.467 e. The molecule has 0 saturated heterocycles. The van der Waals surface area contributed by atoms with Gasteiger partial charge in [-0.25, -0.2) is 9.18 Å². The van der Waals surface area contributed by atoms with Crippen molar-refractivity contribution in [1.29, 1.82) is 0 Å². The number of benzene rings is 2. The lowest BCUT2D eigenvalue weighted by Crippen LogP contribution is -2.53. The third kappa shape index (κ3) is 7.30. The van der Waals surface area contributed by atoms with E-state index >= 15 is 0 Å². The van der Waals surface area contributed by atoms with Crippen molar-refractivity contribution < 1.29 is 23.5 Å². The average Bonchev–Trinajstić information content (AvgIpc) is 2.69. The second-order valence-electron chi connectivity index (χ2n) is 6.50. The van der Waals surface area contributed by atoms with E-state index in [1.165, 1.54) is 38.3 Å². The maximum atomic E-state index is 13.1. The summed E-state index contributed by atoms with van der Waals surface area (Å²) >= 11 is 3.35. The molecule has 2 aromatic rings. The van der Waals surface area contributed by atoms with Gasteiger partial charge in [-0.05, 0) is 35.4 Å². The first kappa shape index (κ1) is 22.5.